The van der Waals surface area contributed by atoms with Gasteiger partial charge in [0.15, 0.2) is 11.4 Å². The van der Waals surface area contributed by atoms with Crippen molar-refractivity contribution in [1.82, 2.24) is 5.32 Å². The van der Waals surface area contributed by atoms with Gasteiger partial charge in [-0.25, -0.2) is 9.69 Å². The maximum Gasteiger partial charge on any atom is 0.327 e. The number of nitrogens with zero attached hydrogens (tertiary/aromatic N) is 1. The van der Waals surface area contributed by atoms with Crippen LogP contribution in [0.2, 0.25) is 0 Å². The minimum absolute atomic E-state index is 0.0656. The van der Waals surface area contributed by atoms with Gasteiger partial charge in [-0.15, -0.1) is 0 Å². The van der Waals surface area contributed by atoms with Crippen LogP contribution in [0, 0.1) is 12.3 Å². The van der Waals surface area contributed by atoms with Crippen LogP contribution in [-0.2, 0) is 0 Å². The van der Waals surface area contributed by atoms with E-state index < -0.39 is 11.6 Å². The third-order valence-corrected chi connectivity index (χ3v) is 3.76. The molecule has 1 heterocycles. The molecule has 120 valence electrons. The third-order valence-electron chi connectivity index (χ3n) is 3.76. The van der Waals surface area contributed by atoms with E-state index in [0.29, 0.717) is 17.9 Å². The zero-order valence-corrected chi connectivity index (χ0v) is 13.4. The number of amidine groups is 1. The van der Waals surface area contributed by atoms with Crippen molar-refractivity contribution in [3.63, 3.8) is 0 Å². The minimum atomic E-state index is -0.902. The summed E-state index contributed by atoms with van der Waals surface area (Å²) in [5.74, 6) is 0.634. The summed E-state index contributed by atoms with van der Waals surface area (Å²) >= 11 is 0. The van der Waals surface area contributed by atoms with E-state index in [9.17, 15) is 9.90 Å². The molecule has 6 heteroatoms. The Morgan fingerprint density at radius 2 is 2.18 bits per heavy atom. The fraction of sp³-hybridized carbons (Fsp3) is 0.500. The van der Waals surface area contributed by atoms with E-state index in [0.717, 1.165) is 5.56 Å². The summed E-state index contributed by atoms with van der Waals surface area (Å²) in [4.78, 5) is 13.9. The van der Waals surface area contributed by atoms with Crippen molar-refractivity contribution in [2.75, 3.05) is 11.5 Å². The Morgan fingerprint density at radius 3 is 2.77 bits per heavy atom. The van der Waals surface area contributed by atoms with Crippen molar-refractivity contribution < 1.29 is 14.6 Å². The number of urea groups is 1. The van der Waals surface area contributed by atoms with Gasteiger partial charge in [-0.1, -0.05) is 13.0 Å². The number of aliphatic hydroxyl groups is 1. The first-order valence-electron chi connectivity index (χ1n) is 7.40. The number of rotatable bonds is 3. The van der Waals surface area contributed by atoms with Gasteiger partial charge >= 0.3 is 6.03 Å². The molecule has 2 amide bonds. The van der Waals surface area contributed by atoms with Crippen molar-refractivity contribution >= 4 is 17.6 Å². The molecule has 0 bridgehead atoms. The van der Waals surface area contributed by atoms with Crippen molar-refractivity contribution in [1.29, 1.82) is 5.41 Å². The summed E-state index contributed by atoms with van der Waals surface area (Å²) in [6, 6.07) is 4.78. The average molecular weight is 305 g/mol. The number of nitrogens with one attached hydrogen (secondary N) is 2. The number of carbonyl (C=O) groups excluding carboxylic acids is 1. The van der Waals surface area contributed by atoms with E-state index in [-0.39, 0.29) is 18.5 Å². The Labute approximate surface area is 130 Å². The molecule has 2 rings (SSSR count). The van der Waals surface area contributed by atoms with Crippen molar-refractivity contribution in [3.8, 4) is 5.75 Å². The highest BCUT2D eigenvalue weighted by Crippen LogP contribution is 2.38. The Hall–Kier alpha value is -2.08. The number of hydrogen-bond donors (Lipinski definition) is 3. The summed E-state index contributed by atoms with van der Waals surface area (Å²) in [6.45, 7) is 7.17. The number of carbonyl (C=O) groups is 1. The number of aryl methyl sites for hydroxylation is 1. The van der Waals surface area contributed by atoms with Gasteiger partial charge in [0.05, 0.1) is 18.3 Å². The fourth-order valence-electron chi connectivity index (χ4n) is 2.33. The van der Waals surface area contributed by atoms with Crippen LogP contribution in [0.15, 0.2) is 18.2 Å². The molecule has 0 saturated heterocycles. The highest BCUT2D eigenvalue weighted by molar-refractivity contribution is 6.20. The van der Waals surface area contributed by atoms with E-state index >= 15 is 0 Å². The predicted octanol–water partition coefficient (Wildman–Crippen LogP) is 2.43. The number of anilines is 1. The number of benzene rings is 1. The molecule has 0 radical (unpaired) electrons. The molecule has 1 aromatic rings. The van der Waals surface area contributed by atoms with Gasteiger partial charge in [-0.2, -0.15) is 0 Å². The molecular formula is C16H23N3O3. The minimum Gasteiger partial charge on any atom is -0.478 e. The maximum absolute atomic E-state index is 12.6. The molecule has 1 aliphatic rings. The van der Waals surface area contributed by atoms with E-state index in [1.807, 2.05) is 32.0 Å². The SMILES string of the molecule is CCC(CO)NC(=O)N1C(=N)C(C)(C)Oc2ccc(C)cc21. The number of ether oxygens (including phenoxy) is 1. The molecule has 0 aliphatic carbocycles. The van der Waals surface area contributed by atoms with Crippen molar-refractivity contribution in [2.45, 2.75) is 45.8 Å². The molecule has 1 aliphatic heterocycles. The summed E-state index contributed by atoms with van der Waals surface area (Å²) in [5, 5.41) is 20.3. The lowest BCUT2D eigenvalue weighted by Gasteiger charge is -2.40. The smallest absolute Gasteiger partial charge is 0.327 e. The zero-order valence-electron chi connectivity index (χ0n) is 13.4. The average Bonchev–Trinajstić information content (AvgIpc) is 2.46. The molecule has 6 nitrogen and oxygen atoms in total. The molecule has 1 unspecified atom stereocenters. The highest BCUT2D eigenvalue weighted by Gasteiger charge is 2.41. The van der Waals surface area contributed by atoms with Gasteiger partial charge < -0.3 is 15.2 Å². The van der Waals surface area contributed by atoms with Crippen LogP contribution in [0.4, 0.5) is 10.5 Å². The van der Waals surface area contributed by atoms with Crippen molar-refractivity contribution in [3.05, 3.63) is 23.8 Å². The molecule has 1 aromatic carbocycles. The Morgan fingerprint density at radius 1 is 1.50 bits per heavy atom. The Kier molecular flexibility index (Phi) is 4.42. The number of hydrogen-bond acceptors (Lipinski definition) is 4. The third kappa shape index (κ3) is 2.92. The van der Waals surface area contributed by atoms with Gasteiger partial charge in [0.2, 0.25) is 0 Å². The summed E-state index contributed by atoms with van der Waals surface area (Å²) in [5.41, 5.74) is 0.622. The Bertz CT molecular complexity index is 594. The topological polar surface area (TPSA) is 85.7 Å². The second-order valence-electron chi connectivity index (χ2n) is 6.00. The first-order valence-corrected chi connectivity index (χ1v) is 7.40. The molecule has 0 fully saturated rings. The van der Waals surface area contributed by atoms with E-state index in [1.54, 1.807) is 13.8 Å². The van der Waals surface area contributed by atoms with Gasteiger partial charge in [-0.3, -0.25) is 5.41 Å². The van der Waals surface area contributed by atoms with E-state index in [1.165, 1.54) is 4.90 Å². The van der Waals surface area contributed by atoms with Crippen LogP contribution >= 0.6 is 0 Å². The fourth-order valence-corrected chi connectivity index (χ4v) is 2.33. The summed E-state index contributed by atoms with van der Waals surface area (Å²) in [6.07, 6.45) is 0.615. The largest absolute Gasteiger partial charge is 0.478 e. The molecule has 0 saturated carbocycles. The second-order valence-corrected chi connectivity index (χ2v) is 6.00. The van der Waals surface area contributed by atoms with Crippen LogP contribution in [-0.4, -0.2) is 35.2 Å². The monoisotopic (exact) mass is 305 g/mol. The highest BCUT2D eigenvalue weighted by atomic mass is 16.5. The molecule has 0 aromatic heterocycles. The zero-order chi connectivity index (χ0) is 16.5. The molecule has 3 N–H and O–H groups in total. The van der Waals surface area contributed by atoms with Gasteiger partial charge in [0.25, 0.3) is 0 Å². The lowest BCUT2D eigenvalue weighted by Crippen LogP contribution is -2.58. The Balaban J connectivity index is 2.42. The van der Waals surface area contributed by atoms with Crippen LogP contribution < -0.4 is 15.0 Å². The maximum atomic E-state index is 12.6. The molecule has 1 atom stereocenters. The van der Waals surface area contributed by atoms with Gasteiger partial charge in [0, 0.05) is 0 Å². The van der Waals surface area contributed by atoms with Crippen LogP contribution in [0.25, 0.3) is 0 Å². The van der Waals surface area contributed by atoms with Crippen molar-refractivity contribution in [2.24, 2.45) is 0 Å². The van der Waals surface area contributed by atoms with Gasteiger partial charge in [-0.05, 0) is 44.9 Å². The first-order chi connectivity index (χ1) is 10.3. The van der Waals surface area contributed by atoms with Crippen LogP contribution in [0.1, 0.15) is 32.8 Å². The van der Waals surface area contributed by atoms with E-state index in [4.69, 9.17) is 10.1 Å². The molecule has 22 heavy (non-hydrogen) atoms. The predicted molar refractivity (Wildman–Crippen MR) is 85.8 cm³/mol. The first kappa shape index (κ1) is 16.3. The molecular weight excluding hydrogens is 282 g/mol. The van der Waals surface area contributed by atoms with Gasteiger partial charge in [0.1, 0.15) is 5.75 Å². The van der Waals surface area contributed by atoms with E-state index in [2.05, 4.69) is 5.32 Å². The standard InChI is InChI=1S/C16H23N3O3/c1-5-11(9-20)18-15(21)19-12-8-10(2)6-7-13(12)22-16(3,4)14(19)17/h6-8,11,17,20H,5,9H2,1-4H3,(H,18,21). The number of fused-ring (bicyclic) bond motifs is 1. The normalized spacial score (nSPS) is 17.5. The lowest BCUT2D eigenvalue weighted by atomic mass is 10.0. The number of amides is 2. The molecule has 0 spiro atoms. The number of aliphatic hydroxyl groups excluding tert-OH is 1. The summed E-state index contributed by atoms with van der Waals surface area (Å²) < 4.78 is 5.83. The van der Waals surface area contributed by atoms with Crippen LogP contribution in [0.3, 0.4) is 0 Å². The van der Waals surface area contributed by atoms with Crippen LogP contribution in [0.5, 0.6) is 5.75 Å². The quantitative estimate of drug-likeness (QED) is 0.801. The lowest BCUT2D eigenvalue weighted by molar-refractivity contribution is 0.171. The summed E-state index contributed by atoms with van der Waals surface area (Å²) in [7, 11) is 0. The second kappa shape index (κ2) is 5.96.